The van der Waals surface area contributed by atoms with E-state index in [1.807, 2.05) is 43.3 Å². The molecule has 0 spiro atoms. The second-order valence-corrected chi connectivity index (χ2v) is 7.64. The van der Waals surface area contributed by atoms with Crippen molar-refractivity contribution in [3.05, 3.63) is 101 Å². The van der Waals surface area contributed by atoms with Gasteiger partial charge in [-0.05, 0) is 36.3 Å². The van der Waals surface area contributed by atoms with Gasteiger partial charge in [0.15, 0.2) is 0 Å². The van der Waals surface area contributed by atoms with E-state index in [4.69, 9.17) is 11.6 Å². The normalized spacial score (nSPS) is 12.0. The predicted octanol–water partition coefficient (Wildman–Crippen LogP) is 2.61. The highest BCUT2D eigenvalue weighted by Crippen LogP contribution is 2.11. The Kier molecular flexibility index (Phi) is 4.59. The first kappa shape index (κ1) is 17.6. The average molecular weight is 396 g/mol. The molecule has 27 heavy (non-hydrogen) atoms. The van der Waals surface area contributed by atoms with Gasteiger partial charge in [0.25, 0.3) is 11.1 Å². The van der Waals surface area contributed by atoms with E-state index in [-0.39, 0.29) is 16.2 Å². The minimum atomic E-state index is -0.411. The summed E-state index contributed by atoms with van der Waals surface area (Å²) >= 11 is 7.13. The van der Waals surface area contributed by atoms with Gasteiger partial charge in [-0.1, -0.05) is 64.9 Å². The molecule has 134 valence electrons. The Morgan fingerprint density at radius 2 is 1.93 bits per heavy atom. The molecule has 4 aromatic rings. The third kappa shape index (κ3) is 3.67. The van der Waals surface area contributed by atoms with Crippen LogP contribution in [0.3, 0.4) is 0 Å². The van der Waals surface area contributed by atoms with Crippen LogP contribution in [-0.4, -0.2) is 14.6 Å². The second kappa shape index (κ2) is 7.06. The maximum Gasteiger partial charge on any atom is 0.296 e. The molecule has 0 amide bonds. The summed E-state index contributed by atoms with van der Waals surface area (Å²) < 4.78 is 1.65. The van der Waals surface area contributed by atoms with Gasteiger partial charge in [-0.3, -0.25) is 9.59 Å². The van der Waals surface area contributed by atoms with Crippen LogP contribution in [0.4, 0.5) is 0 Å². The fourth-order valence-corrected chi connectivity index (χ4v) is 3.80. The Morgan fingerprint density at radius 3 is 2.67 bits per heavy atom. The van der Waals surface area contributed by atoms with E-state index in [0.29, 0.717) is 16.0 Å². The zero-order chi connectivity index (χ0) is 19.0. The Bertz CT molecular complexity index is 1310. The monoisotopic (exact) mass is 395 g/mol. The molecule has 0 fully saturated rings. The Morgan fingerprint density at radius 1 is 1.15 bits per heavy atom. The molecule has 0 bridgehead atoms. The number of hydrogen-bond acceptors (Lipinski definition) is 5. The maximum absolute atomic E-state index is 12.7. The van der Waals surface area contributed by atoms with Crippen molar-refractivity contribution < 1.29 is 0 Å². The van der Waals surface area contributed by atoms with Crippen molar-refractivity contribution in [3.63, 3.8) is 0 Å². The van der Waals surface area contributed by atoms with E-state index in [9.17, 15) is 9.59 Å². The van der Waals surface area contributed by atoms with E-state index < -0.39 is 5.56 Å². The topological polar surface area (TPSA) is 64.3 Å². The fourth-order valence-electron chi connectivity index (χ4n) is 2.70. The van der Waals surface area contributed by atoms with Gasteiger partial charge in [0.05, 0.1) is 4.53 Å². The lowest BCUT2D eigenvalue weighted by Crippen LogP contribution is -2.28. The van der Waals surface area contributed by atoms with Crippen molar-refractivity contribution in [2.75, 3.05) is 0 Å². The smallest absolute Gasteiger partial charge is 0.266 e. The number of aryl methyl sites for hydroxylation is 1. The summed E-state index contributed by atoms with van der Waals surface area (Å²) in [6.45, 7) is 2.00. The quantitative estimate of drug-likeness (QED) is 0.535. The van der Waals surface area contributed by atoms with E-state index in [0.717, 1.165) is 28.0 Å². The maximum atomic E-state index is 12.7. The first-order valence-corrected chi connectivity index (χ1v) is 9.45. The van der Waals surface area contributed by atoms with E-state index >= 15 is 0 Å². The van der Waals surface area contributed by atoms with Gasteiger partial charge < -0.3 is 0 Å². The third-order valence-corrected chi connectivity index (χ3v) is 5.28. The summed E-state index contributed by atoms with van der Waals surface area (Å²) in [5, 5.41) is 4.85. The Hall–Kier alpha value is -2.83. The van der Waals surface area contributed by atoms with Gasteiger partial charge >= 0.3 is 0 Å². The molecular weight excluding hydrogens is 382 g/mol. The van der Waals surface area contributed by atoms with Gasteiger partial charge in [-0.15, -0.1) is 0 Å². The first-order valence-electron chi connectivity index (χ1n) is 8.25. The molecule has 4 rings (SSSR count). The fraction of sp³-hybridized carbons (Fsp3) is 0.100. The molecule has 5 nitrogen and oxygen atoms in total. The molecule has 7 heteroatoms. The molecule has 0 atom stereocenters. The molecule has 0 saturated heterocycles. The number of halogens is 1. The SMILES string of the molecule is Cc1ccc(Cc2nn3c(=O)c(=Cc4cccc(Cl)c4)sc3nc2=O)cc1. The van der Waals surface area contributed by atoms with E-state index in [1.165, 1.54) is 4.52 Å². The zero-order valence-electron chi connectivity index (χ0n) is 14.3. The van der Waals surface area contributed by atoms with Crippen molar-refractivity contribution in [1.82, 2.24) is 14.6 Å². The summed E-state index contributed by atoms with van der Waals surface area (Å²) in [6, 6.07) is 15.0. The highest BCUT2D eigenvalue weighted by Gasteiger charge is 2.11. The van der Waals surface area contributed by atoms with Crippen LogP contribution in [0, 0.1) is 6.92 Å². The molecule has 2 heterocycles. The molecule has 0 radical (unpaired) electrons. The van der Waals surface area contributed by atoms with Crippen LogP contribution >= 0.6 is 22.9 Å². The van der Waals surface area contributed by atoms with Gasteiger partial charge in [0, 0.05) is 11.4 Å². The minimum absolute atomic E-state index is 0.251. The lowest BCUT2D eigenvalue weighted by atomic mass is 10.1. The van der Waals surface area contributed by atoms with E-state index in [1.54, 1.807) is 18.2 Å². The van der Waals surface area contributed by atoms with Crippen molar-refractivity contribution in [2.24, 2.45) is 0 Å². The summed E-state index contributed by atoms with van der Waals surface area (Å²) in [7, 11) is 0. The zero-order valence-corrected chi connectivity index (χ0v) is 15.9. The second-order valence-electron chi connectivity index (χ2n) is 6.19. The molecule has 0 N–H and O–H groups in total. The number of rotatable bonds is 3. The summed E-state index contributed by atoms with van der Waals surface area (Å²) in [5.41, 5.74) is 2.42. The Balaban J connectivity index is 1.80. The van der Waals surface area contributed by atoms with Crippen molar-refractivity contribution in [3.8, 4) is 0 Å². The van der Waals surface area contributed by atoms with Crippen LogP contribution in [-0.2, 0) is 6.42 Å². The molecule has 0 saturated carbocycles. The predicted molar refractivity (Wildman–Crippen MR) is 108 cm³/mol. The van der Waals surface area contributed by atoms with Gasteiger partial charge in [-0.2, -0.15) is 14.6 Å². The van der Waals surface area contributed by atoms with Gasteiger partial charge in [0.2, 0.25) is 4.96 Å². The minimum Gasteiger partial charge on any atom is -0.266 e. The van der Waals surface area contributed by atoms with Crippen LogP contribution in [0.2, 0.25) is 5.02 Å². The molecule has 0 unspecified atom stereocenters. The first-order chi connectivity index (χ1) is 13.0. The highest BCUT2D eigenvalue weighted by molar-refractivity contribution is 7.15. The van der Waals surface area contributed by atoms with Crippen LogP contribution in [0.5, 0.6) is 0 Å². The molecule has 0 aliphatic heterocycles. The molecule has 2 aromatic carbocycles. The van der Waals surface area contributed by atoms with Crippen LogP contribution in [0.1, 0.15) is 22.4 Å². The number of thiazole rings is 1. The lowest BCUT2D eigenvalue weighted by molar-refractivity contribution is 0.811. The molecular formula is C20H14ClN3O2S. The third-order valence-electron chi connectivity index (χ3n) is 4.09. The summed E-state index contributed by atoms with van der Waals surface area (Å²) in [6.07, 6.45) is 2.05. The van der Waals surface area contributed by atoms with E-state index in [2.05, 4.69) is 10.1 Å². The summed E-state index contributed by atoms with van der Waals surface area (Å²) in [5.74, 6) is 0. The van der Waals surface area contributed by atoms with Gasteiger partial charge in [0.1, 0.15) is 5.69 Å². The van der Waals surface area contributed by atoms with Crippen LogP contribution in [0.25, 0.3) is 11.0 Å². The summed E-state index contributed by atoms with van der Waals surface area (Å²) in [4.78, 5) is 29.3. The largest absolute Gasteiger partial charge is 0.296 e. The number of benzene rings is 2. The highest BCUT2D eigenvalue weighted by atomic mass is 35.5. The Labute approximate surface area is 163 Å². The van der Waals surface area contributed by atoms with Crippen LogP contribution in [0.15, 0.2) is 58.1 Å². The standard InChI is InChI=1S/C20H14ClN3O2S/c1-12-5-7-13(8-6-12)10-16-18(25)22-20-24(23-16)19(26)17(27-20)11-14-3-2-4-15(21)9-14/h2-9,11H,10H2,1H3. The number of aromatic nitrogens is 3. The lowest BCUT2D eigenvalue weighted by Gasteiger charge is -2.01. The van der Waals surface area contributed by atoms with Crippen molar-refractivity contribution in [2.45, 2.75) is 13.3 Å². The average Bonchev–Trinajstić information content (AvgIpc) is 2.92. The van der Waals surface area contributed by atoms with Crippen LogP contribution < -0.4 is 15.7 Å². The van der Waals surface area contributed by atoms with Gasteiger partial charge in [-0.25, -0.2) is 0 Å². The molecule has 2 aromatic heterocycles. The molecule has 0 aliphatic carbocycles. The number of hydrogen-bond donors (Lipinski definition) is 0. The van der Waals surface area contributed by atoms with Crippen molar-refractivity contribution in [1.29, 1.82) is 0 Å². The van der Waals surface area contributed by atoms with Crippen molar-refractivity contribution >= 4 is 34.0 Å². The number of fused-ring (bicyclic) bond motifs is 1. The molecule has 0 aliphatic rings. The number of nitrogens with zero attached hydrogens (tertiary/aromatic N) is 3.